The van der Waals surface area contributed by atoms with E-state index in [1.54, 1.807) is 0 Å². The van der Waals surface area contributed by atoms with Crippen molar-refractivity contribution in [3.8, 4) is 0 Å². The fraction of sp³-hybridized carbons (Fsp3) is 0.600. The third kappa shape index (κ3) is 17.7. The first-order valence-electron chi connectivity index (χ1n) is 12.2. The minimum atomic E-state index is 0.130. The van der Waals surface area contributed by atoms with Crippen molar-refractivity contribution in [1.29, 1.82) is 0 Å². The highest BCUT2D eigenvalue weighted by molar-refractivity contribution is 5.17. The lowest BCUT2D eigenvalue weighted by Gasteiger charge is -2.15. The van der Waals surface area contributed by atoms with E-state index in [2.05, 4.69) is 85.8 Å². The van der Waals surface area contributed by atoms with Crippen molar-refractivity contribution in [2.45, 2.75) is 107 Å². The molecule has 0 aromatic heterocycles. The zero-order valence-electron chi connectivity index (χ0n) is 21.9. The van der Waals surface area contributed by atoms with Crippen LogP contribution in [-0.4, -0.2) is 11.7 Å². The molecule has 1 heteroatoms. The summed E-state index contributed by atoms with van der Waals surface area (Å²) in [6.45, 7) is 17.8. The molecule has 0 aliphatic carbocycles. The summed E-state index contributed by atoms with van der Waals surface area (Å²) in [7, 11) is 0. The summed E-state index contributed by atoms with van der Waals surface area (Å²) in [5, 5.41) is 9.15. The molecule has 0 spiro atoms. The van der Waals surface area contributed by atoms with Gasteiger partial charge in [-0.05, 0) is 106 Å². The van der Waals surface area contributed by atoms with Gasteiger partial charge in [-0.2, -0.15) is 0 Å². The van der Waals surface area contributed by atoms with Crippen LogP contribution in [0.25, 0.3) is 0 Å². The van der Waals surface area contributed by atoms with Gasteiger partial charge in [0, 0.05) is 0 Å². The van der Waals surface area contributed by atoms with Crippen molar-refractivity contribution in [3.05, 3.63) is 69.9 Å². The van der Waals surface area contributed by atoms with Crippen LogP contribution in [0, 0.1) is 5.92 Å². The molecule has 0 fully saturated rings. The quantitative estimate of drug-likeness (QED) is 0.258. The number of rotatable bonds is 15. The van der Waals surface area contributed by atoms with Crippen molar-refractivity contribution in [2.75, 3.05) is 6.61 Å². The molecule has 1 nitrogen and oxygen atoms in total. The third-order valence-corrected chi connectivity index (χ3v) is 5.72. The maximum absolute atomic E-state index is 9.15. The summed E-state index contributed by atoms with van der Waals surface area (Å²) in [6, 6.07) is 0. The first kappa shape index (κ1) is 29.4. The van der Waals surface area contributed by atoms with Gasteiger partial charge in [-0.15, -0.1) is 0 Å². The second-order valence-corrected chi connectivity index (χ2v) is 9.64. The van der Waals surface area contributed by atoms with Crippen LogP contribution in [0.4, 0.5) is 0 Å². The molecule has 0 saturated heterocycles. The van der Waals surface area contributed by atoms with Crippen LogP contribution in [0.5, 0.6) is 0 Å². The lowest BCUT2D eigenvalue weighted by atomic mass is 9.90. The van der Waals surface area contributed by atoms with Crippen molar-refractivity contribution >= 4 is 0 Å². The fourth-order valence-electron chi connectivity index (χ4n) is 3.46. The van der Waals surface area contributed by atoms with E-state index in [9.17, 15) is 0 Å². The van der Waals surface area contributed by atoms with Crippen LogP contribution in [0.2, 0.25) is 0 Å². The molecule has 1 N–H and O–H groups in total. The number of aliphatic hydroxyl groups is 1. The van der Waals surface area contributed by atoms with Gasteiger partial charge >= 0.3 is 0 Å². The highest BCUT2D eigenvalue weighted by Gasteiger charge is 2.08. The topological polar surface area (TPSA) is 20.2 Å². The SMILES string of the molecule is CC(C)=CCC/C(C)=C/CCC(C)/C(=C/C/C(C)=C\CO)C/C=C(\C)CCC=C(C)C. The summed E-state index contributed by atoms with van der Waals surface area (Å²) >= 11 is 0. The van der Waals surface area contributed by atoms with Gasteiger partial charge in [-0.1, -0.05) is 76.8 Å². The first-order chi connectivity index (χ1) is 14.6. The predicted octanol–water partition coefficient (Wildman–Crippen LogP) is 9.43. The van der Waals surface area contributed by atoms with E-state index in [1.165, 1.54) is 46.3 Å². The normalized spacial score (nSPS) is 14.5. The van der Waals surface area contributed by atoms with Gasteiger partial charge < -0.3 is 5.11 Å². The van der Waals surface area contributed by atoms with Crippen molar-refractivity contribution < 1.29 is 5.11 Å². The average molecular weight is 427 g/mol. The molecule has 0 rings (SSSR count). The zero-order valence-corrected chi connectivity index (χ0v) is 21.9. The molecule has 176 valence electrons. The lowest BCUT2D eigenvalue weighted by molar-refractivity contribution is 0.341. The fourth-order valence-corrected chi connectivity index (χ4v) is 3.46. The molecule has 0 aliphatic rings. The summed E-state index contributed by atoms with van der Waals surface area (Å²) in [5.74, 6) is 0.575. The summed E-state index contributed by atoms with van der Waals surface area (Å²) in [6.07, 6.45) is 22.7. The van der Waals surface area contributed by atoms with Gasteiger partial charge in [-0.25, -0.2) is 0 Å². The molecule has 1 unspecified atom stereocenters. The predicted molar refractivity (Wildman–Crippen MR) is 141 cm³/mol. The van der Waals surface area contributed by atoms with Crippen LogP contribution in [0.15, 0.2) is 69.9 Å². The minimum Gasteiger partial charge on any atom is -0.392 e. The largest absolute Gasteiger partial charge is 0.392 e. The molecule has 0 radical (unpaired) electrons. The van der Waals surface area contributed by atoms with Gasteiger partial charge in [0.2, 0.25) is 0 Å². The highest BCUT2D eigenvalue weighted by atomic mass is 16.2. The van der Waals surface area contributed by atoms with E-state index in [-0.39, 0.29) is 6.61 Å². The summed E-state index contributed by atoms with van der Waals surface area (Å²) in [5.41, 5.74) is 8.57. The Hall–Kier alpha value is -1.60. The Labute approximate surface area is 194 Å². The molecule has 1 atom stereocenters. The minimum absolute atomic E-state index is 0.130. The van der Waals surface area contributed by atoms with E-state index >= 15 is 0 Å². The molecule has 0 aliphatic heterocycles. The van der Waals surface area contributed by atoms with Crippen molar-refractivity contribution in [1.82, 2.24) is 0 Å². The van der Waals surface area contributed by atoms with Gasteiger partial charge in [0.05, 0.1) is 6.61 Å². The molecule has 31 heavy (non-hydrogen) atoms. The second-order valence-electron chi connectivity index (χ2n) is 9.64. The highest BCUT2D eigenvalue weighted by Crippen LogP contribution is 2.24. The molecule has 0 saturated carbocycles. The monoisotopic (exact) mass is 426 g/mol. The van der Waals surface area contributed by atoms with E-state index in [0.29, 0.717) is 5.92 Å². The van der Waals surface area contributed by atoms with Gasteiger partial charge in [0.1, 0.15) is 0 Å². The average Bonchev–Trinajstić information content (AvgIpc) is 2.67. The van der Waals surface area contributed by atoms with E-state index in [4.69, 9.17) is 5.11 Å². The summed E-state index contributed by atoms with van der Waals surface area (Å²) < 4.78 is 0. The van der Waals surface area contributed by atoms with E-state index < -0.39 is 0 Å². The second kappa shape index (κ2) is 18.0. The van der Waals surface area contributed by atoms with Gasteiger partial charge in [-0.3, -0.25) is 0 Å². The van der Waals surface area contributed by atoms with Crippen LogP contribution in [-0.2, 0) is 0 Å². The first-order valence-corrected chi connectivity index (χ1v) is 12.2. The Kier molecular flexibility index (Phi) is 17.1. The number of hydrogen-bond acceptors (Lipinski definition) is 1. The van der Waals surface area contributed by atoms with Crippen LogP contribution in [0.3, 0.4) is 0 Å². The van der Waals surface area contributed by atoms with Crippen molar-refractivity contribution in [2.24, 2.45) is 5.92 Å². The maximum atomic E-state index is 9.15. The Morgan fingerprint density at radius 2 is 1.16 bits per heavy atom. The molecule has 0 aromatic rings. The Bertz CT molecular complexity index is 671. The van der Waals surface area contributed by atoms with Gasteiger partial charge in [0.15, 0.2) is 0 Å². The van der Waals surface area contributed by atoms with Crippen LogP contribution < -0.4 is 0 Å². The molecule has 0 aromatic carbocycles. The molecular formula is C30H50O. The van der Waals surface area contributed by atoms with Crippen LogP contribution in [0.1, 0.15) is 107 Å². The molecular weight excluding hydrogens is 376 g/mol. The maximum Gasteiger partial charge on any atom is 0.0615 e. The molecule has 0 heterocycles. The number of aliphatic hydroxyl groups excluding tert-OH is 1. The standard InChI is InChI=1S/C30H50O/c1-24(2)12-9-14-26(5)16-11-17-29(8)30(21-19-28(7)22-23-31)20-18-27(6)15-10-13-25(3)4/h12-13,16,18,21-22,29,31H,9-11,14-15,17,19-20,23H2,1-8H3/b26-16+,27-18+,28-22-,30-21+. The van der Waals surface area contributed by atoms with E-state index in [1.807, 2.05) is 6.08 Å². The number of hydrogen-bond donors (Lipinski definition) is 1. The Balaban J connectivity index is 4.98. The Morgan fingerprint density at radius 1 is 0.613 bits per heavy atom. The smallest absolute Gasteiger partial charge is 0.0615 e. The zero-order chi connectivity index (χ0) is 23.6. The summed E-state index contributed by atoms with van der Waals surface area (Å²) in [4.78, 5) is 0. The number of allylic oxidation sites excluding steroid dienone is 11. The van der Waals surface area contributed by atoms with Gasteiger partial charge in [0.25, 0.3) is 0 Å². The lowest BCUT2D eigenvalue weighted by Crippen LogP contribution is -2.00. The Morgan fingerprint density at radius 3 is 1.68 bits per heavy atom. The van der Waals surface area contributed by atoms with Crippen molar-refractivity contribution in [3.63, 3.8) is 0 Å². The molecule has 0 bridgehead atoms. The van der Waals surface area contributed by atoms with Crippen LogP contribution >= 0.6 is 0 Å². The van der Waals surface area contributed by atoms with E-state index in [0.717, 1.165) is 38.5 Å². The molecule has 0 amide bonds. The third-order valence-electron chi connectivity index (χ3n) is 5.72.